The van der Waals surface area contributed by atoms with Gasteiger partial charge in [-0.25, -0.2) is 17.7 Å². The molecule has 1 unspecified atom stereocenters. The SMILES string of the molecule is CS(=O)(=O)N1CCCC(C(=O)Nc2nc(-c3cccc(Br)c3)cs2)C1. The van der Waals surface area contributed by atoms with Crippen LogP contribution in [0.3, 0.4) is 0 Å². The summed E-state index contributed by atoms with van der Waals surface area (Å²) in [6.07, 6.45) is 2.55. The lowest BCUT2D eigenvalue weighted by molar-refractivity contribution is -0.120. The van der Waals surface area contributed by atoms with Crippen molar-refractivity contribution in [2.75, 3.05) is 24.7 Å². The Morgan fingerprint density at radius 2 is 2.24 bits per heavy atom. The summed E-state index contributed by atoms with van der Waals surface area (Å²) in [7, 11) is -3.27. The van der Waals surface area contributed by atoms with Crippen LogP contribution >= 0.6 is 27.3 Å². The molecular formula is C16H18BrN3O3S2. The zero-order valence-electron chi connectivity index (χ0n) is 13.6. The first-order valence-corrected chi connectivity index (χ1v) is 11.3. The Morgan fingerprint density at radius 3 is 2.96 bits per heavy atom. The maximum Gasteiger partial charge on any atom is 0.230 e. The summed E-state index contributed by atoms with van der Waals surface area (Å²) >= 11 is 4.79. The standard InChI is InChI=1S/C16H18BrN3O3S2/c1-25(22,23)20-7-3-5-12(9-20)15(21)19-16-18-14(10-24-16)11-4-2-6-13(17)8-11/h2,4,6,8,10,12H,3,5,7,9H2,1H3,(H,18,19,21). The Balaban J connectivity index is 1.67. The van der Waals surface area contributed by atoms with Gasteiger partial charge < -0.3 is 5.32 Å². The number of nitrogens with zero attached hydrogens (tertiary/aromatic N) is 2. The molecule has 1 N–H and O–H groups in total. The molecule has 134 valence electrons. The van der Waals surface area contributed by atoms with Crippen LogP contribution in [0, 0.1) is 5.92 Å². The quantitative estimate of drug-likeness (QED) is 0.786. The second kappa shape index (κ2) is 7.53. The fourth-order valence-corrected chi connectivity index (χ4v) is 4.81. The minimum Gasteiger partial charge on any atom is -0.302 e. The molecule has 1 aliphatic heterocycles. The maximum atomic E-state index is 12.5. The van der Waals surface area contributed by atoms with Crippen LogP contribution in [0.5, 0.6) is 0 Å². The first-order chi connectivity index (χ1) is 11.8. The van der Waals surface area contributed by atoms with Crippen molar-refractivity contribution in [1.82, 2.24) is 9.29 Å². The molecule has 1 amide bonds. The summed E-state index contributed by atoms with van der Waals surface area (Å²) in [6.45, 7) is 0.710. The van der Waals surface area contributed by atoms with Gasteiger partial charge in [-0.15, -0.1) is 11.3 Å². The van der Waals surface area contributed by atoms with Gasteiger partial charge in [0.1, 0.15) is 0 Å². The molecule has 0 saturated carbocycles. The zero-order valence-corrected chi connectivity index (χ0v) is 16.8. The highest BCUT2D eigenvalue weighted by Crippen LogP contribution is 2.28. The summed E-state index contributed by atoms with van der Waals surface area (Å²) in [6, 6.07) is 7.79. The number of amides is 1. The van der Waals surface area contributed by atoms with Gasteiger partial charge in [-0.1, -0.05) is 28.1 Å². The number of hydrogen-bond donors (Lipinski definition) is 1. The number of carbonyl (C=O) groups excluding carboxylic acids is 1. The highest BCUT2D eigenvalue weighted by molar-refractivity contribution is 9.10. The van der Waals surface area contributed by atoms with E-state index in [1.54, 1.807) is 0 Å². The summed E-state index contributed by atoms with van der Waals surface area (Å²) < 4.78 is 25.7. The van der Waals surface area contributed by atoms with E-state index in [4.69, 9.17) is 0 Å². The minimum absolute atomic E-state index is 0.177. The van der Waals surface area contributed by atoms with Gasteiger partial charge >= 0.3 is 0 Å². The number of halogens is 1. The molecule has 3 rings (SSSR count). The molecule has 1 aliphatic rings. The Kier molecular flexibility index (Phi) is 5.57. The Bertz CT molecular complexity index is 882. The van der Waals surface area contributed by atoms with Gasteiger partial charge in [0.05, 0.1) is 17.9 Å². The Hall–Kier alpha value is -1.29. The number of rotatable bonds is 4. The third kappa shape index (κ3) is 4.66. The lowest BCUT2D eigenvalue weighted by atomic mass is 9.99. The molecule has 2 heterocycles. The van der Waals surface area contributed by atoms with Crippen LogP contribution in [0.2, 0.25) is 0 Å². The van der Waals surface area contributed by atoms with Gasteiger partial charge in [-0.05, 0) is 25.0 Å². The number of sulfonamides is 1. The highest BCUT2D eigenvalue weighted by Gasteiger charge is 2.30. The third-order valence-corrected chi connectivity index (χ3v) is 6.60. The minimum atomic E-state index is -3.27. The molecule has 1 saturated heterocycles. The topological polar surface area (TPSA) is 79.4 Å². The predicted molar refractivity (Wildman–Crippen MR) is 103 cm³/mol. The maximum absolute atomic E-state index is 12.5. The van der Waals surface area contributed by atoms with Gasteiger partial charge in [-0.3, -0.25) is 4.79 Å². The van der Waals surface area contributed by atoms with Crippen LogP contribution in [-0.4, -0.2) is 43.0 Å². The molecule has 1 fully saturated rings. The number of piperidine rings is 1. The molecule has 1 aromatic heterocycles. The molecule has 2 aromatic rings. The molecule has 25 heavy (non-hydrogen) atoms. The van der Waals surface area contributed by atoms with E-state index in [-0.39, 0.29) is 18.4 Å². The normalized spacial score (nSPS) is 18.9. The van der Waals surface area contributed by atoms with Crippen LogP contribution in [-0.2, 0) is 14.8 Å². The number of nitrogens with one attached hydrogen (secondary N) is 1. The second-order valence-corrected chi connectivity index (χ2v) is 9.75. The molecule has 0 radical (unpaired) electrons. The fourth-order valence-electron chi connectivity index (χ4n) is 2.78. The average molecular weight is 444 g/mol. The van der Waals surface area contributed by atoms with E-state index < -0.39 is 10.0 Å². The first kappa shape index (κ1) is 18.5. The Labute approximate surface area is 159 Å². The predicted octanol–water partition coefficient (Wildman–Crippen LogP) is 3.18. The first-order valence-electron chi connectivity index (χ1n) is 7.80. The van der Waals surface area contributed by atoms with E-state index in [1.807, 2.05) is 29.6 Å². The fraction of sp³-hybridized carbons (Fsp3) is 0.375. The molecule has 0 aliphatic carbocycles. The van der Waals surface area contributed by atoms with Crippen molar-refractivity contribution >= 4 is 48.3 Å². The largest absolute Gasteiger partial charge is 0.302 e. The van der Waals surface area contributed by atoms with E-state index in [9.17, 15) is 13.2 Å². The summed E-state index contributed by atoms with van der Waals surface area (Å²) in [5, 5.41) is 5.24. The number of carbonyl (C=O) groups is 1. The van der Waals surface area contributed by atoms with Crippen LogP contribution in [0.1, 0.15) is 12.8 Å². The van der Waals surface area contributed by atoms with E-state index in [0.717, 1.165) is 15.7 Å². The molecule has 1 aromatic carbocycles. The molecule has 0 spiro atoms. The van der Waals surface area contributed by atoms with E-state index >= 15 is 0 Å². The number of hydrogen-bond acceptors (Lipinski definition) is 5. The van der Waals surface area contributed by atoms with Crippen molar-refractivity contribution in [2.45, 2.75) is 12.8 Å². The second-order valence-electron chi connectivity index (χ2n) is 6.00. The smallest absolute Gasteiger partial charge is 0.230 e. The zero-order chi connectivity index (χ0) is 18.0. The molecule has 6 nitrogen and oxygen atoms in total. The monoisotopic (exact) mass is 443 g/mol. The van der Waals surface area contributed by atoms with Crippen molar-refractivity contribution in [3.05, 3.63) is 34.1 Å². The highest BCUT2D eigenvalue weighted by atomic mass is 79.9. The van der Waals surface area contributed by atoms with Gasteiger partial charge in [0.25, 0.3) is 0 Å². The lowest BCUT2D eigenvalue weighted by Crippen LogP contribution is -2.43. The summed E-state index contributed by atoms with van der Waals surface area (Å²) in [5.74, 6) is -0.523. The van der Waals surface area contributed by atoms with Gasteiger partial charge in [-0.2, -0.15) is 0 Å². The van der Waals surface area contributed by atoms with Crippen LogP contribution in [0.25, 0.3) is 11.3 Å². The van der Waals surface area contributed by atoms with E-state index in [0.29, 0.717) is 24.5 Å². The van der Waals surface area contributed by atoms with E-state index in [1.165, 1.54) is 21.9 Å². The number of benzene rings is 1. The summed E-state index contributed by atoms with van der Waals surface area (Å²) in [5.41, 5.74) is 1.76. The average Bonchev–Trinajstić information content (AvgIpc) is 3.03. The number of aromatic nitrogens is 1. The van der Waals surface area contributed by atoms with Crippen molar-refractivity contribution in [1.29, 1.82) is 0 Å². The lowest BCUT2D eigenvalue weighted by Gasteiger charge is -2.29. The molecular weight excluding hydrogens is 426 g/mol. The molecule has 0 bridgehead atoms. The van der Waals surface area contributed by atoms with E-state index in [2.05, 4.69) is 26.2 Å². The number of anilines is 1. The van der Waals surface area contributed by atoms with Crippen LogP contribution in [0.15, 0.2) is 34.1 Å². The summed E-state index contributed by atoms with van der Waals surface area (Å²) in [4.78, 5) is 16.9. The van der Waals surface area contributed by atoms with Crippen molar-refractivity contribution in [3.63, 3.8) is 0 Å². The third-order valence-electron chi connectivity index (χ3n) is 4.08. The van der Waals surface area contributed by atoms with Crippen molar-refractivity contribution in [2.24, 2.45) is 5.92 Å². The van der Waals surface area contributed by atoms with Crippen LogP contribution < -0.4 is 5.32 Å². The molecule has 9 heteroatoms. The van der Waals surface area contributed by atoms with Crippen molar-refractivity contribution in [3.8, 4) is 11.3 Å². The van der Waals surface area contributed by atoms with Gasteiger partial charge in [0.2, 0.25) is 15.9 Å². The van der Waals surface area contributed by atoms with Crippen LogP contribution in [0.4, 0.5) is 5.13 Å². The van der Waals surface area contributed by atoms with Gasteiger partial charge in [0, 0.05) is 28.5 Å². The van der Waals surface area contributed by atoms with Gasteiger partial charge in [0.15, 0.2) is 5.13 Å². The number of thiazole rings is 1. The molecule has 1 atom stereocenters. The van der Waals surface area contributed by atoms with Crippen molar-refractivity contribution < 1.29 is 13.2 Å². The Morgan fingerprint density at radius 1 is 1.44 bits per heavy atom.